The summed E-state index contributed by atoms with van der Waals surface area (Å²) in [4.78, 5) is 0. The van der Waals surface area contributed by atoms with Crippen molar-refractivity contribution in [2.24, 2.45) is 0 Å². The highest BCUT2D eigenvalue weighted by Crippen LogP contribution is 2.45. The van der Waals surface area contributed by atoms with Crippen LogP contribution in [0.4, 0.5) is 0 Å². The van der Waals surface area contributed by atoms with E-state index in [4.69, 9.17) is 0 Å². The van der Waals surface area contributed by atoms with Crippen LogP contribution in [0.25, 0.3) is 6.08 Å². The number of benzene rings is 2. The second-order valence-electron chi connectivity index (χ2n) is 5.47. The summed E-state index contributed by atoms with van der Waals surface area (Å²) in [5.74, 6) is 0.686. The molecular weight excluding hydrogens is 252 g/mol. The molecule has 0 saturated heterocycles. The highest BCUT2D eigenvalue weighted by atomic mass is 14.3. The molecule has 0 aromatic heterocycles. The van der Waals surface area contributed by atoms with Crippen LogP contribution in [0.2, 0.25) is 0 Å². The summed E-state index contributed by atoms with van der Waals surface area (Å²) in [5, 5.41) is 0. The van der Waals surface area contributed by atoms with E-state index >= 15 is 0 Å². The predicted molar refractivity (Wildman–Crippen MR) is 91.4 cm³/mol. The molecule has 2 aromatic rings. The van der Waals surface area contributed by atoms with Crippen molar-refractivity contribution in [3.05, 3.63) is 102 Å². The molecule has 0 fully saturated rings. The van der Waals surface area contributed by atoms with Gasteiger partial charge < -0.3 is 0 Å². The number of fused-ring (bicyclic) bond motifs is 1. The standard InChI is InChI=1S/C21H20/c1-3-10-20-19-14-9-8-13-17(19)15-21(20)18(4-2)16-11-6-5-7-12-16/h3-9,11-15,18,20H,1-2,10H2/t18-,20-/m0/s1. The first-order valence-electron chi connectivity index (χ1n) is 7.44. The van der Waals surface area contributed by atoms with Gasteiger partial charge in [-0.25, -0.2) is 0 Å². The second kappa shape index (κ2) is 5.97. The van der Waals surface area contributed by atoms with Crippen molar-refractivity contribution in [1.82, 2.24) is 0 Å². The van der Waals surface area contributed by atoms with Crippen molar-refractivity contribution < 1.29 is 0 Å². The maximum Gasteiger partial charge on any atom is 0.0235 e. The van der Waals surface area contributed by atoms with Gasteiger partial charge in [-0.3, -0.25) is 0 Å². The molecule has 0 amide bonds. The molecule has 0 bridgehead atoms. The fraction of sp³-hybridized carbons (Fsp3) is 0.143. The van der Waals surface area contributed by atoms with E-state index in [2.05, 4.69) is 79.9 Å². The monoisotopic (exact) mass is 272 g/mol. The molecular formula is C21H20. The van der Waals surface area contributed by atoms with Crippen LogP contribution in [-0.4, -0.2) is 0 Å². The normalized spacial score (nSPS) is 17.7. The van der Waals surface area contributed by atoms with Crippen molar-refractivity contribution in [2.75, 3.05) is 0 Å². The first kappa shape index (κ1) is 13.6. The summed E-state index contributed by atoms with van der Waals surface area (Å²) in [5.41, 5.74) is 5.48. The van der Waals surface area contributed by atoms with Gasteiger partial charge in [0.05, 0.1) is 0 Å². The molecule has 0 aliphatic heterocycles. The van der Waals surface area contributed by atoms with Gasteiger partial charge in [-0.15, -0.1) is 13.2 Å². The third kappa shape index (κ3) is 2.50. The van der Waals surface area contributed by atoms with Gasteiger partial charge in [0.2, 0.25) is 0 Å². The molecule has 2 aromatic carbocycles. The fourth-order valence-corrected chi connectivity index (χ4v) is 3.28. The average molecular weight is 272 g/mol. The van der Waals surface area contributed by atoms with E-state index in [0.717, 1.165) is 6.42 Å². The Morgan fingerprint density at radius 1 is 0.952 bits per heavy atom. The number of rotatable bonds is 5. The van der Waals surface area contributed by atoms with Crippen LogP contribution in [0.3, 0.4) is 0 Å². The Balaban J connectivity index is 2.04. The average Bonchev–Trinajstić information content (AvgIpc) is 2.89. The third-order valence-corrected chi connectivity index (χ3v) is 4.25. The lowest BCUT2D eigenvalue weighted by Crippen LogP contribution is -2.06. The Labute approximate surface area is 127 Å². The number of hydrogen-bond donors (Lipinski definition) is 0. The van der Waals surface area contributed by atoms with E-state index in [-0.39, 0.29) is 5.92 Å². The number of allylic oxidation sites excluding steroid dienone is 3. The molecule has 0 heterocycles. The topological polar surface area (TPSA) is 0 Å². The van der Waals surface area contributed by atoms with Gasteiger partial charge >= 0.3 is 0 Å². The van der Waals surface area contributed by atoms with E-state index < -0.39 is 0 Å². The molecule has 0 heteroatoms. The summed E-state index contributed by atoms with van der Waals surface area (Å²) in [6.45, 7) is 8.01. The lowest BCUT2D eigenvalue weighted by atomic mass is 9.82. The van der Waals surface area contributed by atoms with Crippen molar-refractivity contribution >= 4 is 6.08 Å². The van der Waals surface area contributed by atoms with Crippen molar-refractivity contribution in [1.29, 1.82) is 0 Å². The highest BCUT2D eigenvalue weighted by Gasteiger charge is 2.28. The second-order valence-corrected chi connectivity index (χ2v) is 5.47. The smallest absolute Gasteiger partial charge is 0.0235 e. The Kier molecular flexibility index (Phi) is 3.87. The van der Waals surface area contributed by atoms with Crippen LogP contribution in [-0.2, 0) is 0 Å². The fourth-order valence-electron chi connectivity index (χ4n) is 3.28. The summed E-state index contributed by atoms with van der Waals surface area (Å²) in [6.07, 6.45) is 7.39. The third-order valence-electron chi connectivity index (χ3n) is 4.25. The lowest BCUT2D eigenvalue weighted by molar-refractivity contribution is 0.768. The molecule has 1 aliphatic rings. The van der Waals surface area contributed by atoms with Gasteiger partial charge in [-0.2, -0.15) is 0 Å². The van der Waals surface area contributed by atoms with E-state index in [1.54, 1.807) is 0 Å². The lowest BCUT2D eigenvalue weighted by Gasteiger charge is -2.22. The molecule has 2 atom stereocenters. The van der Waals surface area contributed by atoms with Crippen LogP contribution in [0.1, 0.15) is 34.9 Å². The van der Waals surface area contributed by atoms with E-state index in [0.29, 0.717) is 5.92 Å². The molecule has 0 unspecified atom stereocenters. The summed E-state index contributed by atoms with van der Waals surface area (Å²) in [7, 11) is 0. The minimum Gasteiger partial charge on any atom is -0.103 e. The Bertz CT molecular complexity index is 676. The summed E-state index contributed by atoms with van der Waals surface area (Å²) >= 11 is 0. The van der Waals surface area contributed by atoms with Gasteiger partial charge in [-0.1, -0.05) is 78.4 Å². The molecule has 0 nitrogen and oxygen atoms in total. The first-order chi connectivity index (χ1) is 10.3. The van der Waals surface area contributed by atoms with Crippen LogP contribution >= 0.6 is 0 Å². The largest absolute Gasteiger partial charge is 0.103 e. The highest BCUT2D eigenvalue weighted by molar-refractivity contribution is 5.69. The molecule has 0 spiro atoms. The zero-order valence-corrected chi connectivity index (χ0v) is 12.2. The van der Waals surface area contributed by atoms with Gasteiger partial charge in [-0.05, 0) is 23.1 Å². The van der Waals surface area contributed by atoms with Crippen LogP contribution in [0.5, 0.6) is 0 Å². The quantitative estimate of drug-likeness (QED) is 0.611. The van der Waals surface area contributed by atoms with Crippen LogP contribution < -0.4 is 0 Å². The van der Waals surface area contributed by atoms with Gasteiger partial charge in [0.1, 0.15) is 0 Å². The van der Waals surface area contributed by atoms with E-state index in [1.807, 2.05) is 6.08 Å². The maximum absolute atomic E-state index is 4.07. The van der Waals surface area contributed by atoms with E-state index in [9.17, 15) is 0 Å². The molecule has 0 radical (unpaired) electrons. The van der Waals surface area contributed by atoms with Gasteiger partial charge in [0, 0.05) is 11.8 Å². The maximum atomic E-state index is 4.07. The molecule has 0 saturated carbocycles. The molecule has 1 aliphatic carbocycles. The molecule has 104 valence electrons. The molecule has 21 heavy (non-hydrogen) atoms. The minimum atomic E-state index is 0.267. The molecule has 0 N–H and O–H groups in total. The van der Waals surface area contributed by atoms with Crippen LogP contribution in [0, 0.1) is 0 Å². The summed E-state index contributed by atoms with van der Waals surface area (Å²) in [6, 6.07) is 19.3. The Hall–Kier alpha value is -2.34. The SMILES string of the molecule is C=CC[C@@H]1C([C@@H](C=C)c2ccccc2)=Cc2ccccc21. The van der Waals surface area contributed by atoms with Gasteiger partial charge in [0.15, 0.2) is 0 Å². The van der Waals surface area contributed by atoms with Crippen molar-refractivity contribution in [3.8, 4) is 0 Å². The zero-order chi connectivity index (χ0) is 14.7. The van der Waals surface area contributed by atoms with Gasteiger partial charge in [0.25, 0.3) is 0 Å². The predicted octanol–water partition coefficient (Wildman–Crippen LogP) is 5.71. The molecule has 3 rings (SSSR count). The number of hydrogen-bond acceptors (Lipinski definition) is 0. The Morgan fingerprint density at radius 3 is 2.38 bits per heavy atom. The van der Waals surface area contributed by atoms with E-state index in [1.165, 1.54) is 22.3 Å². The minimum absolute atomic E-state index is 0.267. The first-order valence-corrected chi connectivity index (χ1v) is 7.44. The zero-order valence-electron chi connectivity index (χ0n) is 12.2. The Morgan fingerprint density at radius 2 is 1.67 bits per heavy atom. The van der Waals surface area contributed by atoms with Crippen LogP contribution in [0.15, 0.2) is 85.5 Å². The summed E-state index contributed by atoms with van der Waals surface area (Å²) < 4.78 is 0. The van der Waals surface area contributed by atoms with Crippen molar-refractivity contribution in [3.63, 3.8) is 0 Å². The van der Waals surface area contributed by atoms with Crippen molar-refractivity contribution in [2.45, 2.75) is 18.3 Å².